The molecule has 1 N–H and O–H groups in total. The number of carboxylic acid groups (broad SMARTS) is 1. The van der Waals surface area contributed by atoms with Gasteiger partial charge in [-0.3, -0.25) is 15.0 Å². The molecule has 0 aromatic heterocycles. The van der Waals surface area contributed by atoms with Crippen molar-refractivity contribution >= 4 is 11.8 Å². The minimum Gasteiger partial charge on any atom is -0.465 e. The van der Waals surface area contributed by atoms with Crippen LogP contribution in [0.4, 0.5) is 19.3 Å². The summed E-state index contributed by atoms with van der Waals surface area (Å²) in [4.78, 5) is 23.2. The van der Waals surface area contributed by atoms with Crippen molar-refractivity contribution in [3.63, 3.8) is 0 Å². The number of hydrogen-bond donors (Lipinski definition) is 1. The molecular weight excluding hydrogens is 362 g/mol. The second kappa shape index (κ2) is 7.56. The number of nitrogens with zero attached hydrogens (tertiary/aromatic N) is 2. The highest BCUT2D eigenvalue weighted by Crippen LogP contribution is 2.31. The maximum Gasteiger partial charge on any atom is 0.408 e. The highest BCUT2D eigenvalue weighted by atomic mass is 19.1. The van der Waals surface area contributed by atoms with E-state index in [0.29, 0.717) is 0 Å². The number of nitro groups is 1. The Morgan fingerprint density at radius 2 is 1.89 bits per heavy atom. The van der Waals surface area contributed by atoms with Gasteiger partial charge in [0.2, 0.25) is 0 Å². The summed E-state index contributed by atoms with van der Waals surface area (Å²) in [5.41, 5.74) is -1.06. The van der Waals surface area contributed by atoms with E-state index in [-0.39, 0.29) is 29.3 Å². The Hall–Kier alpha value is -3.23. The molecule has 0 aliphatic heterocycles. The first-order chi connectivity index (χ1) is 12.5. The van der Waals surface area contributed by atoms with Gasteiger partial charge in [-0.15, -0.1) is 0 Å². The van der Waals surface area contributed by atoms with E-state index in [0.717, 1.165) is 29.2 Å². The van der Waals surface area contributed by atoms with Crippen molar-refractivity contribution in [1.29, 1.82) is 0 Å². The van der Waals surface area contributed by atoms with Crippen LogP contribution < -0.4 is 4.74 Å². The molecule has 1 amide bonds. The van der Waals surface area contributed by atoms with Crippen molar-refractivity contribution in [2.75, 3.05) is 0 Å². The fourth-order valence-electron chi connectivity index (χ4n) is 2.37. The molecule has 0 bridgehead atoms. The Bertz CT molecular complexity index is 881. The second-order valence-corrected chi connectivity index (χ2v) is 6.76. The zero-order chi connectivity index (χ0) is 20.4. The lowest BCUT2D eigenvalue weighted by atomic mass is 10.0. The van der Waals surface area contributed by atoms with E-state index in [1.54, 1.807) is 20.8 Å². The normalized spacial score (nSPS) is 11.1. The van der Waals surface area contributed by atoms with Gasteiger partial charge in [-0.2, -0.15) is 0 Å². The molecule has 7 nitrogen and oxygen atoms in total. The molecule has 0 saturated carbocycles. The minimum absolute atomic E-state index is 0.0133. The number of ether oxygens (including phenoxy) is 1. The van der Waals surface area contributed by atoms with Crippen LogP contribution in [-0.4, -0.2) is 26.6 Å². The number of nitro benzene ring substituents is 1. The highest BCUT2D eigenvalue weighted by Gasteiger charge is 2.29. The molecule has 0 heterocycles. The van der Waals surface area contributed by atoms with Gasteiger partial charge in [0, 0.05) is 17.7 Å². The van der Waals surface area contributed by atoms with Crippen LogP contribution in [0.3, 0.4) is 0 Å². The number of carbonyl (C=O) groups is 1. The average molecular weight is 380 g/mol. The largest absolute Gasteiger partial charge is 0.465 e. The van der Waals surface area contributed by atoms with E-state index >= 15 is 0 Å². The summed E-state index contributed by atoms with van der Waals surface area (Å²) in [6, 6.07) is 6.26. The van der Waals surface area contributed by atoms with Gasteiger partial charge in [-0.05, 0) is 45.0 Å². The molecule has 0 radical (unpaired) electrons. The molecule has 2 aromatic rings. The number of rotatable bonds is 5. The first-order valence-electron chi connectivity index (χ1n) is 7.90. The highest BCUT2D eigenvalue weighted by molar-refractivity contribution is 5.66. The molecule has 9 heteroatoms. The quantitative estimate of drug-likeness (QED) is 0.585. The summed E-state index contributed by atoms with van der Waals surface area (Å²) in [6.45, 7) is 4.66. The zero-order valence-corrected chi connectivity index (χ0v) is 14.9. The van der Waals surface area contributed by atoms with Crippen LogP contribution in [0.2, 0.25) is 0 Å². The smallest absolute Gasteiger partial charge is 0.408 e. The second-order valence-electron chi connectivity index (χ2n) is 6.76. The molecule has 0 fully saturated rings. The van der Waals surface area contributed by atoms with Crippen LogP contribution in [-0.2, 0) is 6.54 Å². The third kappa shape index (κ3) is 4.90. The molecule has 27 heavy (non-hydrogen) atoms. The fraction of sp³-hybridized carbons (Fsp3) is 0.278. The summed E-state index contributed by atoms with van der Waals surface area (Å²) in [5.74, 6) is -1.89. The Kier molecular flexibility index (Phi) is 5.63. The maximum absolute atomic E-state index is 13.7. The Labute approximate surface area is 153 Å². The average Bonchev–Trinajstić information content (AvgIpc) is 2.54. The van der Waals surface area contributed by atoms with Crippen molar-refractivity contribution in [3.8, 4) is 11.5 Å². The number of hydrogen-bond acceptors (Lipinski definition) is 4. The Morgan fingerprint density at radius 3 is 2.44 bits per heavy atom. The van der Waals surface area contributed by atoms with Gasteiger partial charge in [0.1, 0.15) is 11.6 Å². The molecule has 0 saturated heterocycles. The lowest BCUT2D eigenvalue weighted by molar-refractivity contribution is -0.385. The van der Waals surface area contributed by atoms with Gasteiger partial charge < -0.3 is 9.84 Å². The van der Waals surface area contributed by atoms with E-state index < -0.39 is 28.2 Å². The van der Waals surface area contributed by atoms with Crippen molar-refractivity contribution in [2.45, 2.75) is 32.9 Å². The number of amides is 1. The molecule has 0 atom stereocenters. The third-order valence-corrected chi connectivity index (χ3v) is 3.74. The predicted octanol–water partition coefficient (Wildman–Crippen LogP) is 4.94. The van der Waals surface area contributed by atoms with E-state index in [9.17, 15) is 28.8 Å². The van der Waals surface area contributed by atoms with E-state index in [1.165, 1.54) is 12.1 Å². The SMILES string of the molecule is CC(C)(C)N(Cc1cc(Oc2cc(F)ccc2F)ccc1[N+](=O)[O-])C(=O)O. The van der Waals surface area contributed by atoms with Crippen LogP contribution in [0.1, 0.15) is 26.3 Å². The summed E-state index contributed by atoms with van der Waals surface area (Å²) >= 11 is 0. The van der Waals surface area contributed by atoms with Crippen LogP contribution in [0, 0.1) is 21.7 Å². The monoisotopic (exact) mass is 380 g/mol. The third-order valence-electron chi connectivity index (χ3n) is 3.74. The molecule has 0 aliphatic carbocycles. The van der Waals surface area contributed by atoms with Crippen molar-refractivity contribution < 1.29 is 28.3 Å². The molecule has 144 valence electrons. The van der Waals surface area contributed by atoms with Crippen molar-refractivity contribution in [2.24, 2.45) is 0 Å². The Balaban J connectivity index is 2.43. The van der Waals surface area contributed by atoms with Crippen LogP contribution in [0.15, 0.2) is 36.4 Å². The molecule has 0 aliphatic rings. The summed E-state index contributed by atoms with van der Waals surface area (Å²) in [5, 5.41) is 20.7. The first-order valence-corrected chi connectivity index (χ1v) is 7.90. The van der Waals surface area contributed by atoms with Crippen LogP contribution in [0.25, 0.3) is 0 Å². The molecule has 0 unspecified atom stereocenters. The predicted molar refractivity (Wildman–Crippen MR) is 92.8 cm³/mol. The summed E-state index contributed by atoms with van der Waals surface area (Å²) in [6.07, 6.45) is -1.25. The van der Waals surface area contributed by atoms with Crippen molar-refractivity contribution in [1.82, 2.24) is 4.90 Å². The van der Waals surface area contributed by atoms with Crippen LogP contribution in [0.5, 0.6) is 11.5 Å². The summed E-state index contributed by atoms with van der Waals surface area (Å²) < 4.78 is 32.3. The Morgan fingerprint density at radius 1 is 1.22 bits per heavy atom. The van der Waals surface area contributed by atoms with Gasteiger partial charge in [-0.25, -0.2) is 13.6 Å². The zero-order valence-electron chi connectivity index (χ0n) is 14.9. The van der Waals surface area contributed by atoms with Gasteiger partial charge in [-0.1, -0.05) is 0 Å². The number of halogens is 2. The van der Waals surface area contributed by atoms with Gasteiger partial charge in [0.25, 0.3) is 5.69 Å². The van der Waals surface area contributed by atoms with E-state index in [2.05, 4.69) is 0 Å². The summed E-state index contributed by atoms with van der Waals surface area (Å²) in [7, 11) is 0. The van der Waals surface area contributed by atoms with E-state index in [4.69, 9.17) is 4.74 Å². The fourth-order valence-corrected chi connectivity index (χ4v) is 2.37. The lowest BCUT2D eigenvalue weighted by Gasteiger charge is -2.33. The maximum atomic E-state index is 13.7. The number of benzene rings is 2. The molecule has 0 spiro atoms. The van der Waals surface area contributed by atoms with Crippen LogP contribution >= 0.6 is 0 Å². The molecule has 2 aromatic carbocycles. The van der Waals surface area contributed by atoms with Crippen molar-refractivity contribution in [3.05, 3.63) is 63.7 Å². The first kappa shape index (κ1) is 20.1. The topological polar surface area (TPSA) is 92.9 Å². The molecular formula is C18H18F2N2O5. The van der Waals surface area contributed by atoms with Gasteiger partial charge in [0.05, 0.1) is 17.0 Å². The lowest BCUT2D eigenvalue weighted by Crippen LogP contribution is -2.44. The minimum atomic E-state index is -1.25. The van der Waals surface area contributed by atoms with E-state index in [1.807, 2.05) is 0 Å². The molecule has 2 rings (SSSR count). The standard InChI is InChI=1S/C18H18F2N2O5/c1-18(2,3)21(17(23)24)10-11-8-13(5-7-15(11)22(25)26)27-16-9-12(19)4-6-14(16)20/h4-9H,10H2,1-3H3,(H,23,24). The van der Waals surface area contributed by atoms with Gasteiger partial charge >= 0.3 is 6.09 Å². The van der Waals surface area contributed by atoms with Gasteiger partial charge in [0.15, 0.2) is 11.6 Å².